The number of rotatable bonds is 6. The molecule has 0 aliphatic carbocycles. The monoisotopic (exact) mass is 249 g/mol. The van der Waals surface area contributed by atoms with Crippen LogP contribution in [0.3, 0.4) is 0 Å². The van der Waals surface area contributed by atoms with Crippen molar-refractivity contribution in [3.05, 3.63) is 34.9 Å². The molecule has 1 aromatic carbocycles. The first-order chi connectivity index (χ1) is 8.49. The van der Waals surface area contributed by atoms with Crippen molar-refractivity contribution in [2.75, 3.05) is 6.54 Å². The fourth-order valence-electron chi connectivity index (χ4n) is 2.20. The van der Waals surface area contributed by atoms with Crippen molar-refractivity contribution in [2.45, 2.75) is 39.5 Å². The first-order valence-electron chi connectivity index (χ1n) is 6.49. The first-order valence-corrected chi connectivity index (χ1v) is 6.49. The average molecular weight is 249 g/mol. The molecule has 0 spiro atoms. The minimum Gasteiger partial charge on any atom is -0.481 e. The lowest BCUT2D eigenvalue weighted by Gasteiger charge is -2.20. The topological polar surface area (TPSA) is 63.3 Å². The summed E-state index contributed by atoms with van der Waals surface area (Å²) < 4.78 is 0. The van der Waals surface area contributed by atoms with Crippen molar-refractivity contribution in [3.8, 4) is 0 Å². The molecule has 0 fully saturated rings. The maximum Gasteiger partial charge on any atom is 0.307 e. The van der Waals surface area contributed by atoms with E-state index in [0.717, 1.165) is 6.42 Å². The molecule has 18 heavy (non-hydrogen) atoms. The Morgan fingerprint density at radius 3 is 2.44 bits per heavy atom. The van der Waals surface area contributed by atoms with Gasteiger partial charge in [-0.25, -0.2) is 0 Å². The Morgan fingerprint density at radius 2 is 2.00 bits per heavy atom. The number of benzene rings is 1. The molecule has 0 radical (unpaired) electrons. The zero-order valence-electron chi connectivity index (χ0n) is 11.4. The molecule has 0 bridgehead atoms. The molecule has 3 N–H and O–H groups in total. The molecule has 0 saturated carbocycles. The highest BCUT2D eigenvalue weighted by Crippen LogP contribution is 2.28. The molecule has 2 unspecified atom stereocenters. The van der Waals surface area contributed by atoms with Gasteiger partial charge in [0.15, 0.2) is 0 Å². The van der Waals surface area contributed by atoms with Crippen molar-refractivity contribution >= 4 is 5.97 Å². The third-order valence-corrected chi connectivity index (χ3v) is 3.70. The van der Waals surface area contributed by atoms with Gasteiger partial charge >= 0.3 is 5.97 Å². The van der Waals surface area contributed by atoms with Crippen LogP contribution in [0.4, 0.5) is 0 Å². The third kappa shape index (κ3) is 3.57. The van der Waals surface area contributed by atoms with Crippen molar-refractivity contribution < 1.29 is 9.90 Å². The highest BCUT2D eigenvalue weighted by atomic mass is 16.4. The van der Waals surface area contributed by atoms with E-state index in [-0.39, 0.29) is 12.5 Å². The van der Waals surface area contributed by atoms with Crippen LogP contribution in [-0.4, -0.2) is 17.6 Å². The van der Waals surface area contributed by atoms with Crippen LogP contribution in [0.1, 0.15) is 42.4 Å². The Balaban J connectivity index is 2.88. The van der Waals surface area contributed by atoms with Crippen LogP contribution < -0.4 is 5.73 Å². The van der Waals surface area contributed by atoms with E-state index in [1.165, 1.54) is 16.7 Å². The normalized spacial score (nSPS) is 14.2. The molecule has 3 heteroatoms. The van der Waals surface area contributed by atoms with Gasteiger partial charge in [-0.1, -0.05) is 25.1 Å². The van der Waals surface area contributed by atoms with Crippen molar-refractivity contribution in [1.82, 2.24) is 0 Å². The minimum atomic E-state index is -0.792. The molecule has 0 saturated heterocycles. The molecule has 0 amide bonds. The molecule has 2 atom stereocenters. The van der Waals surface area contributed by atoms with Gasteiger partial charge in [-0.05, 0) is 49.3 Å². The third-order valence-electron chi connectivity index (χ3n) is 3.70. The second-order valence-electron chi connectivity index (χ2n) is 4.96. The predicted octanol–water partition coefficient (Wildman–Crippen LogP) is 2.85. The Labute approximate surface area is 109 Å². The highest BCUT2D eigenvalue weighted by molar-refractivity contribution is 5.70. The van der Waals surface area contributed by atoms with Gasteiger partial charge in [-0.3, -0.25) is 4.79 Å². The second-order valence-corrected chi connectivity index (χ2v) is 4.96. The lowest BCUT2D eigenvalue weighted by Crippen LogP contribution is -2.25. The lowest BCUT2D eigenvalue weighted by atomic mass is 9.86. The van der Waals surface area contributed by atoms with E-state index < -0.39 is 11.9 Å². The largest absolute Gasteiger partial charge is 0.481 e. The number of hydrogen-bond donors (Lipinski definition) is 2. The Kier molecular flexibility index (Phi) is 5.35. The Hall–Kier alpha value is -1.35. The number of aryl methyl sites for hydroxylation is 2. The van der Waals surface area contributed by atoms with Crippen molar-refractivity contribution in [2.24, 2.45) is 11.7 Å². The zero-order valence-corrected chi connectivity index (χ0v) is 11.4. The SMILES string of the molecule is CCC(CC(CN)C(=O)O)c1ccc(C)c(C)c1. The molecular weight excluding hydrogens is 226 g/mol. The van der Waals surface area contributed by atoms with Crippen LogP contribution in [0.25, 0.3) is 0 Å². The van der Waals surface area contributed by atoms with Gasteiger partial charge in [0.25, 0.3) is 0 Å². The van der Waals surface area contributed by atoms with Crippen LogP contribution >= 0.6 is 0 Å². The van der Waals surface area contributed by atoms with E-state index in [2.05, 4.69) is 39.0 Å². The average Bonchev–Trinajstić information content (AvgIpc) is 2.34. The number of carbonyl (C=O) groups is 1. The molecular formula is C15H23NO2. The summed E-state index contributed by atoms with van der Waals surface area (Å²) in [5, 5.41) is 9.08. The van der Waals surface area contributed by atoms with E-state index >= 15 is 0 Å². The number of carboxylic acids is 1. The van der Waals surface area contributed by atoms with Gasteiger partial charge in [0.05, 0.1) is 5.92 Å². The van der Waals surface area contributed by atoms with Gasteiger partial charge in [0.1, 0.15) is 0 Å². The summed E-state index contributed by atoms with van der Waals surface area (Å²) in [4.78, 5) is 11.1. The van der Waals surface area contributed by atoms with Crippen LogP contribution in [0.15, 0.2) is 18.2 Å². The van der Waals surface area contributed by atoms with Gasteiger partial charge in [-0.15, -0.1) is 0 Å². The van der Waals surface area contributed by atoms with Crippen LogP contribution in [0.2, 0.25) is 0 Å². The standard InChI is InChI=1S/C15H23NO2/c1-4-12(8-14(9-16)15(17)18)13-6-5-10(2)11(3)7-13/h5-7,12,14H,4,8-9,16H2,1-3H3,(H,17,18). The van der Waals surface area contributed by atoms with E-state index in [4.69, 9.17) is 10.8 Å². The molecule has 3 nitrogen and oxygen atoms in total. The predicted molar refractivity (Wildman–Crippen MR) is 73.7 cm³/mol. The molecule has 1 rings (SSSR count). The van der Waals surface area contributed by atoms with Crippen molar-refractivity contribution in [3.63, 3.8) is 0 Å². The summed E-state index contributed by atoms with van der Waals surface area (Å²) >= 11 is 0. The van der Waals surface area contributed by atoms with Crippen LogP contribution in [-0.2, 0) is 4.79 Å². The van der Waals surface area contributed by atoms with E-state index in [1.807, 2.05) is 0 Å². The van der Waals surface area contributed by atoms with Gasteiger partial charge < -0.3 is 10.8 Å². The van der Waals surface area contributed by atoms with E-state index in [1.54, 1.807) is 0 Å². The summed E-state index contributed by atoms with van der Waals surface area (Å²) in [5.41, 5.74) is 9.27. The van der Waals surface area contributed by atoms with Crippen LogP contribution in [0, 0.1) is 19.8 Å². The first kappa shape index (κ1) is 14.7. The molecule has 0 aliphatic rings. The van der Waals surface area contributed by atoms with Gasteiger partial charge in [-0.2, -0.15) is 0 Å². The van der Waals surface area contributed by atoms with E-state index in [0.29, 0.717) is 6.42 Å². The maximum absolute atomic E-state index is 11.1. The molecule has 1 aromatic rings. The fraction of sp³-hybridized carbons (Fsp3) is 0.533. The lowest BCUT2D eigenvalue weighted by molar-refractivity contribution is -0.141. The molecule has 0 aromatic heterocycles. The summed E-state index contributed by atoms with van der Waals surface area (Å²) in [6, 6.07) is 6.37. The second kappa shape index (κ2) is 6.55. The molecule has 0 heterocycles. The van der Waals surface area contributed by atoms with Gasteiger partial charge in [0.2, 0.25) is 0 Å². The van der Waals surface area contributed by atoms with Gasteiger partial charge in [0, 0.05) is 6.54 Å². The number of nitrogens with two attached hydrogens (primary N) is 1. The number of carboxylic acid groups (broad SMARTS) is 1. The highest BCUT2D eigenvalue weighted by Gasteiger charge is 2.21. The zero-order chi connectivity index (χ0) is 13.7. The van der Waals surface area contributed by atoms with Crippen molar-refractivity contribution in [1.29, 1.82) is 0 Å². The minimum absolute atomic E-state index is 0.205. The smallest absolute Gasteiger partial charge is 0.307 e. The summed E-state index contributed by atoms with van der Waals surface area (Å²) in [7, 11) is 0. The Morgan fingerprint density at radius 1 is 1.33 bits per heavy atom. The maximum atomic E-state index is 11.1. The van der Waals surface area contributed by atoms with E-state index in [9.17, 15) is 4.79 Å². The summed E-state index contributed by atoms with van der Waals surface area (Å²) in [6.45, 7) is 6.47. The summed E-state index contributed by atoms with van der Waals surface area (Å²) in [6.07, 6.45) is 1.55. The molecule has 0 aliphatic heterocycles. The number of hydrogen-bond acceptors (Lipinski definition) is 2. The van der Waals surface area contributed by atoms with Crippen LogP contribution in [0.5, 0.6) is 0 Å². The Bertz CT molecular complexity index is 415. The fourth-order valence-corrected chi connectivity index (χ4v) is 2.20. The quantitative estimate of drug-likeness (QED) is 0.814. The molecule has 100 valence electrons. The number of aliphatic carboxylic acids is 1. The summed E-state index contributed by atoms with van der Waals surface area (Å²) in [5.74, 6) is -0.967.